The lowest BCUT2D eigenvalue weighted by Crippen LogP contribution is -2.28. The number of nitrogens with one attached hydrogen (secondary N) is 1. The summed E-state index contributed by atoms with van der Waals surface area (Å²) >= 11 is 0. The number of nitrogens with zero attached hydrogens (tertiary/aromatic N) is 4. The summed E-state index contributed by atoms with van der Waals surface area (Å²) in [7, 11) is 1.54. The van der Waals surface area contributed by atoms with Crippen molar-refractivity contribution in [1.29, 1.82) is 0 Å². The minimum absolute atomic E-state index is 0.149. The number of methoxy groups -OCH3 is 1. The summed E-state index contributed by atoms with van der Waals surface area (Å²) in [6.45, 7) is 7.34. The molecule has 1 amide bonds. The lowest BCUT2D eigenvalue weighted by molar-refractivity contribution is 0.101. The number of anilines is 1. The van der Waals surface area contributed by atoms with E-state index < -0.39 is 5.91 Å². The minimum atomic E-state index is -0.407. The molecule has 158 valence electrons. The fraction of sp³-hybridized carbons (Fsp3) is 0.364. The van der Waals surface area contributed by atoms with Crippen molar-refractivity contribution in [3.63, 3.8) is 0 Å². The molecule has 30 heavy (non-hydrogen) atoms. The predicted octanol–water partition coefficient (Wildman–Crippen LogP) is 2.68. The van der Waals surface area contributed by atoms with Crippen LogP contribution in [0, 0.1) is 0 Å². The van der Waals surface area contributed by atoms with E-state index in [0.29, 0.717) is 19.0 Å². The molecule has 2 aromatic heterocycles. The van der Waals surface area contributed by atoms with Gasteiger partial charge in [0.15, 0.2) is 0 Å². The van der Waals surface area contributed by atoms with E-state index in [9.17, 15) is 9.59 Å². The Balaban J connectivity index is 1.88. The lowest BCUT2D eigenvalue weighted by atomic mass is 9.92. The quantitative estimate of drug-likeness (QED) is 0.648. The van der Waals surface area contributed by atoms with E-state index in [1.807, 2.05) is 36.4 Å². The molecule has 0 unspecified atom stereocenters. The third kappa shape index (κ3) is 5.21. The van der Waals surface area contributed by atoms with Crippen molar-refractivity contribution in [1.82, 2.24) is 19.6 Å². The van der Waals surface area contributed by atoms with E-state index in [4.69, 9.17) is 9.84 Å². The smallest absolute Gasteiger partial charge is 0.277 e. The Bertz CT molecular complexity index is 1060. The first kappa shape index (κ1) is 21.4. The molecular weight excluding hydrogens is 382 g/mol. The van der Waals surface area contributed by atoms with Crippen LogP contribution in [0.3, 0.4) is 0 Å². The molecule has 1 aromatic carbocycles. The zero-order valence-corrected chi connectivity index (χ0v) is 17.8. The van der Waals surface area contributed by atoms with Gasteiger partial charge in [-0.1, -0.05) is 51.1 Å². The summed E-state index contributed by atoms with van der Waals surface area (Å²) in [5.41, 5.74) is 1.63. The van der Waals surface area contributed by atoms with Gasteiger partial charge in [0.25, 0.3) is 11.5 Å². The Kier molecular flexibility index (Phi) is 6.47. The summed E-state index contributed by atoms with van der Waals surface area (Å²) in [6, 6.07) is 14.5. The number of ether oxygens (including phenoxy) is 1. The molecule has 0 aliphatic heterocycles. The van der Waals surface area contributed by atoms with Crippen molar-refractivity contribution in [3.05, 3.63) is 75.8 Å². The third-order valence-electron chi connectivity index (χ3n) is 4.57. The normalized spacial score (nSPS) is 11.5. The fourth-order valence-electron chi connectivity index (χ4n) is 2.85. The molecule has 0 bridgehead atoms. The van der Waals surface area contributed by atoms with E-state index >= 15 is 0 Å². The summed E-state index contributed by atoms with van der Waals surface area (Å²) in [6.07, 6.45) is 0. The molecular formula is C22H27N5O3. The highest BCUT2D eigenvalue weighted by Gasteiger charge is 2.21. The molecule has 1 N–H and O–H groups in total. The van der Waals surface area contributed by atoms with Crippen LogP contribution in [0.5, 0.6) is 0 Å². The highest BCUT2D eigenvalue weighted by atomic mass is 16.5. The molecule has 0 saturated carbocycles. The van der Waals surface area contributed by atoms with E-state index in [1.165, 1.54) is 16.8 Å². The van der Waals surface area contributed by atoms with Crippen LogP contribution in [-0.4, -0.2) is 39.2 Å². The standard InChI is InChI=1S/C22H27N5O3/c1-22(2,3)18-14-19(27(25-18)15-16-8-6-5-7-9-16)23-21(29)17-10-11-20(28)26(24-17)12-13-30-4/h5-11,14H,12-13,15H2,1-4H3,(H,23,29). The van der Waals surface area contributed by atoms with E-state index in [2.05, 4.69) is 31.2 Å². The average molecular weight is 409 g/mol. The van der Waals surface area contributed by atoms with Crippen LogP contribution in [0.2, 0.25) is 0 Å². The first-order chi connectivity index (χ1) is 14.3. The second-order valence-electron chi connectivity index (χ2n) is 8.03. The monoisotopic (exact) mass is 409 g/mol. The van der Waals surface area contributed by atoms with E-state index in [1.54, 1.807) is 11.8 Å². The SMILES string of the molecule is COCCn1nc(C(=O)Nc2cc(C(C)(C)C)nn2Cc2ccccc2)ccc1=O. The van der Waals surface area contributed by atoms with Crippen molar-refractivity contribution in [2.45, 2.75) is 39.3 Å². The maximum Gasteiger partial charge on any atom is 0.277 e. The molecule has 8 nitrogen and oxygen atoms in total. The third-order valence-corrected chi connectivity index (χ3v) is 4.57. The number of benzene rings is 1. The van der Waals surface area contributed by atoms with E-state index in [-0.39, 0.29) is 23.2 Å². The van der Waals surface area contributed by atoms with Crippen molar-refractivity contribution in [2.24, 2.45) is 0 Å². The highest BCUT2D eigenvalue weighted by Crippen LogP contribution is 2.25. The van der Waals surface area contributed by atoms with Crippen LogP contribution < -0.4 is 10.9 Å². The van der Waals surface area contributed by atoms with Crippen LogP contribution in [0.25, 0.3) is 0 Å². The van der Waals surface area contributed by atoms with Crippen LogP contribution in [-0.2, 0) is 23.2 Å². The van der Waals surface area contributed by atoms with Crippen LogP contribution in [0.1, 0.15) is 42.5 Å². The first-order valence-corrected chi connectivity index (χ1v) is 9.78. The number of carbonyl (C=O) groups is 1. The minimum Gasteiger partial charge on any atom is -0.383 e. The number of aromatic nitrogens is 4. The van der Waals surface area contributed by atoms with Gasteiger partial charge in [-0.25, -0.2) is 9.36 Å². The summed E-state index contributed by atoms with van der Waals surface area (Å²) in [4.78, 5) is 24.8. The van der Waals surface area contributed by atoms with Crippen LogP contribution in [0.4, 0.5) is 5.82 Å². The molecule has 0 saturated heterocycles. The van der Waals surface area contributed by atoms with Gasteiger partial charge in [0.1, 0.15) is 11.5 Å². The van der Waals surface area contributed by atoms with Crippen LogP contribution >= 0.6 is 0 Å². The molecule has 8 heteroatoms. The number of carbonyl (C=O) groups excluding carboxylic acids is 1. The summed E-state index contributed by atoms with van der Waals surface area (Å²) in [5.74, 6) is 0.168. The van der Waals surface area contributed by atoms with Gasteiger partial charge in [-0.15, -0.1) is 0 Å². The first-order valence-electron chi connectivity index (χ1n) is 9.78. The second kappa shape index (κ2) is 9.04. The lowest BCUT2D eigenvalue weighted by Gasteiger charge is -2.14. The maximum atomic E-state index is 12.9. The summed E-state index contributed by atoms with van der Waals surface area (Å²) in [5, 5.41) is 11.8. The topological polar surface area (TPSA) is 91.0 Å². The van der Waals surface area contributed by atoms with Gasteiger partial charge in [-0.05, 0) is 11.6 Å². The Morgan fingerprint density at radius 2 is 1.80 bits per heavy atom. The Labute approximate surface area is 175 Å². The van der Waals surface area contributed by atoms with E-state index in [0.717, 1.165) is 11.3 Å². The average Bonchev–Trinajstić information content (AvgIpc) is 3.11. The van der Waals surface area contributed by atoms with Crippen molar-refractivity contribution in [2.75, 3.05) is 19.0 Å². The molecule has 2 heterocycles. The molecule has 3 rings (SSSR count). The fourth-order valence-corrected chi connectivity index (χ4v) is 2.85. The zero-order valence-electron chi connectivity index (χ0n) is 17.8. The van der Waals surface area contributed by atoms with Gasteiger partial charge in [-0.2, -0.15) is 10.2 Å². The number of hydrogen-bond acceptors (Lipinski definition) is 5. The highest BCUT2D eigenvalue weighted by molar-refractivity contribution is 6.02. The van der Waals surface area contributed by atoms with Crippen molar-refractivity contribution >= 4 is 11.7 Å². The molecule has 0 atom stereocenters. The van der Waals surface area contributed by atoms with Crippen molar-refractivity contribution in [3.8, 4) is 0 Å². The molecule has 0 aliphatic carbocycles. The molecule has 0 aliphatic rings. The number of rotatable bonds is 7. The predicted molar refractivity (Wildman–Crippen MR) is 115 cm³/mol. The Hall–Kier alpha value is -3.26. The van der Waals surface area contributed by atoms with Gasteiger partial charge in [0.05, 0.1) is 25.4 Å². The molecule has 0 spiro atoms. The molecule has 3 aromatic rings. The largest absolute Gasteiger partial charge is 0.383 e. The van der Waals surface area contributed by atoms with Gasteiger partial charge >= 0.3 is 0 Å². The molecule has 0 radical (unpaired) electrons. The second-order valence-corrected chi connectivity index (χ2v) is 8.03. The zero-order chi connectivity index (χ0) is 21.7. The van der Waals surface area contributed by atoms with Gasteiger partial charge in [0.2, 0.25) is 0 Å². The Morgan fingerprint density at radius 1 is 1.07 bits per heavy atom. The maximum absolute atomic E-state index is 12.9. The van der Waals surface area contributed by atoms with Crippen LogP contribution in [0.15, 0.2) is 53.3 Å². The van der Waals surface area contributed by atoms with Gasteiger partial charge in [-0.3, -0.25) is 9.59 Å². The molecule has 0 fully saturated rings. The Morgan fingerprint density at radius 3 is 2.47 bits per heavy atom. The van der Waals surface area contributed by atoms with Gasteiger partial charge < -0.3 is 10.1 Å². The number of amides is 1. The van der Waals surface area contributed by atoms with Gasteiger partial charge in [0, 0.05) is 24.7 Å². The number of hydrogen-bond donors (Lipinski definition) is 1. The van der Waals surface area contributed by atoms with Crippen molar-refractivity contribution < 1.29 is 9.53 Å². The summed E-state index contributed by atoms with van der Waals surface area (Å²) < 4.78 is 7.99.